The van der Waals surface area contributed by atoms with Gasteiger partial charge in [-0.3, -0.25) is 0 Å². The summed E-state index contributed by atoms with van der Waals surface area (Å²) in [6.45, 7) is 4.39. The summed E-state index contributed by atoms with van der Waals surface area (Å²) in [5, 5.41) is 8.21. The maximum Gasteiger partial charge on any atom is 0.140 e. The predicted molar refractivity (Wildman–Crippen MR) is 83.8 cm³/mol. The van der Waals surface area contributed by atoms with Gasteiger partial charge < -0.3 is 0 Å². The first-order valence-electron chi connectivity index (χ1n) is 6.73. The van der Waals surface area contributed by atoms with Crippen molar-refractivity contribution in [1.82, 2.24) is 0 Å². The molecule has 0 saturated carbocycles. The van der Waals surface area contributed by atoms with Crippen LogP contribution in [0, 0.1) is 5.92 Å². The van der Waals surface area contributed by atoms with Crippen LogP contribution >= 0.6 is 0 Å². The van der Waals surface area contributed by atoms with Gasteiger partial charge in [0.15, 0.2) is 0 Å². The summed E-state index contributed by atoms with van der Waals surface area (Å²) in [6, 6.07) is 20.0. The summed E-state index contributed by atoms with van der Waals surface area (Å²) in [5.74, 6) is 1.37. The van der Waals surface area contributed by atoms with Gasteiger partial charge in [0.2, 0.25) is 0 Å². The van der Waals surface area contributed by atoms with Crippen molar-refractivity contribution < 1.29 is 0 Å². The Kier molecular flexibility index (Phi) is 2.05. The highest BCUT2D eigenvalue weighted by Gasteiger charge is 2.19. The van der Waals surface area contributed by atoms with Crippen LogP contribution < -0.4 is 0 Å². The molecule has 0 nitrogen and oxygen atoms in total. The van der Waals surface area contributed by atoms with Crippen molar-refractivity contribution in [2.24, 2.45) is 0 Å². The summed E-state index contributed by atoms with van der Waals surface area (Å²) in [4.78, 5) is 0. The Morgan fingerprint density at radius 3 is 2.05 bits per heavy atom. The van der Waals surface area contributed by atoms with Gasteiger partial charge in [-0.15, -0.1) is 0 Å². The van der Waals surface area contributed by atoms with E-state index in [4.69, 9.17) is 0 Å². The quantitative estimate of drug-likeness (QED) is 0.304. The van der Waals surface area contributed by atoms with Crippen molar-refractivity contribution in [3.05, 3.63) is 66.1 Å². The normalized spacial score (nSPS) is 11.7. The average Bonchev–Trinajstić information content (AvgIpc) is 2.44. The molecule has 0 saturated heterocycles. The van der Waals surface area contributed by atoms with Gasteiger partial charge in [-0.1, -0.05) is 30.3 Å². The average molecular weight is 243 g/mol. The van der Waals surface area contributed by atoms with Gasteiger partial charge >= 0.3 is 0 Å². The predicted octanol–water partition coefficient (Wildman–Crippen LogP) is 5.55. The molecule has 0 atom stereocenters. The van der Waals surface area contributed by atoms with E-state index in [0.717, 1.165) is 0 Å². The fourth-order valence-electron chi connectivity index (χ4n) is 3.18. The van der Waals surface area contributed by atoms with E-state index in [1.54, 1.807) is 0 Å². The van der Waals surface area contributed by atoms with E-state index in [1.165, 1.54) is 43.8 Å². The molecule has 0 unspecified atom stereocenters. The van der Waals surface area contributed by atoms with Crippen LogP contribution in [0.5, 0.6) is 0 Å². The molecule has 0 fully saturated rings. The first-order chi connectivity index (χ1) is 9.25. The van der Waals surface area contributed by atoms with Crippen LogP contribution in [0.1, 0.15) is 19.4 Å². The Hall–Kier alpha value is -2.21. The Balaban J connectivity index is 2.39. The van der Waals surface area contributed by atoms with Gasteiger partial charge in [-0.25, -0.2) is 0 Å². The molecule has 4 aromatic carbocycles. The van der Waals surface area contributed by atoms with E-state index in [0.29, 0.717) is 0 Å². The fourth-order valence-corrected chi connectivity index (χ4v) is 3.18. The molecule has 0 N–H and O–H groups in total. The molecule has 0 heterocycles. The molecule has 0 aliphatic rings. The highest BCUT2D eigenvalue weighted by atomic mass is 14.2. The van der Waals surface area contributed by atoms with Crippen molar-refractivity contribution in [2.45, 2.75) is 13.8 Å². The third kappa shape index (κ3) is 1.37. The summed E-state index contributed by atoms with van der Waals surface area (Å²) in [5.41, 5.74) is 1.37. The smallest absolute Gasteiger partial charge is 0.0598 e. The van der Waals surface area contributed by atoms with Crippen LogP contribution in [0.4, 0.5) is 0 Å². The first-order valence-corrected chi connectivity index (χ1v) is 6.73. The molecule has 19 heavy (non-hydrogen) atoms. The van der Waals surface area contributed by atoms with E-state index in [-0.39, 0.29) is 0 Å². The second-order valence-corrected chi connectivity index (χ2v) is 5.47. The Morgan fingerprint density at radius 1 is 0.684 bits per heavy atom. The second kappa shape index (κ2) is 3.64. The van der Waals surface area contributed by atoms with Gasteiger partial charge in [0, 0.05) is 36.6 Å². The highest BCUT2D eigenvalue weighted by molar-refractivity contribution is 6.24. The summed E-state index contributed by atoms with van der Waals surface area (Å²) in [6.07, 6.45) is 0. The molecule has 4 rings (SSSR count). The highest BCUT2D eigenvalue weighted by Crippen LogP contribution is 2.38. The monoisotopic (exact) mass is 243 g/mol. The third-order valence-corrected chi connectivity index (χ3v) is 4.05. The van der Waals surface area contributed by atoms with Crippen LogP contribution in [0.15, 0.2) is 54.6 Å². The lowest BCUT2D eigenvalue weighted by molar-refractivity contribution is 1.17. The molecular weight excluding hydrogens is 228 g/mol. The van der Waals surface area contributed by atoms with E-state index >= 15 is 0 Å². The topological polar surface area (TPSA) is 0 Å². The molecule has 0 aromatic heterocycles. The SMILES string of the molecule is C[C+](C)c1cc2cccc3ccc4cccc1c4c32. The molecule has 0 amide bonds. The zero-order chi connectivity index (χ0) is 13.0. The van der Waals surface area contributed by atoms with E-state index in [2.05, 4.69) is 68.4 Å². The Labute approximate surface area is 113 Å². The zero-order valence-corrected chi connectivity index (χ0v) is 11.2. The third-order valence-electron chi connectivity index (χ3n) is 4.05. The van der Waals surface area contributed by atoms with E-state index in [9.17, 15) is 0 Å². The lowest BCUT2D eigenvalue weighted by Gasteiger charge is -2.10. The zero-order valence-electron chi connectivity index (χ0n) is 11.2. The van der Waals surface area contributed by atoms with Gasteiger partial charge in [0.25, 0.3) is 0 Å². The largest absolute Gasteiger partial charge is 0.140 e. The van der Waals surface area contributed by atoms with Gasteiger partial charge in [0.1, 0.15) is 5.56 Å². The van der Waals surface area contributed by atoms with Gasteiger partial charge in [-0.05, 0) is 22.9 Å². The van der Waals surface area contributed by atoms with Crippen molar-refractivity contribution in [2.75, 3.05) is 0 Å². The lowest BCUT2D eigenvalue weighted by Crippen LogP contribution is -1.93. The van der Waals surface area contributed by atoms with Crippen LogP contribution in [-0.4, -0.2) is 0 Å². The summed E-state index contributed by atoms with van der Waals surface area (Å²) >= 11 is 0. The van der Waals surface area contributed by atoms with Gasteiger partial charge in [-0.2, -0.15) is 0 Å². The maximum atomic E-state index is 2.33. The van der Waals surface area contributed by atoms with Gasteiger partial charge in [0.05, 0.1) is 16.8 Å². The van der Waals surface area contributed by atoms with Crippen molar-refractivity contribution >= 4 is 32.3 Å². The van der Waals surface area contributed by atoms with Crippen LogP contribution in [0.2, 0.25) is 0 Å². The minimum atomic E-state index is 1.33. The number of rotatable bonds is 1. The maximum absolute atomic E-state index is 2.33. The fraction of sp³-hybridized carbons (Fsp3) is 0.105. The standard InChI is InChI=1S/C19H15/c1-12(2)17-11-15-7-3-5-13-9-10-14-6-4-8-16(17)19(14)18(13)15/h3-11H,1-2H3/q+1. The number of hydrogen-bond donors (Lipinski definition) is 0. The lowest BCUT2D eigenvalue weighted by atomic mass is 9.88. The minimum Gasteiger partial charge on any atom is -0.0598 e. The molecule has 0 aliphatic carbocycles. The molecular formula is C19H15+. The van der Waals surface area contributed by atoms with E-state index in [1.807, 2.05) is 0 Å². The molecule has 0 heteroatoms. The molecule has 0 radical (unpaired) electrons. The van der Waals surface area contributed by atoms with Crippen molar-refractivity contribution in [3.63, 3.8) is 0 Å². The number of benzene rings is 4. The first kappa shape index (κ1) is 10.7. The molecule has 0 bridgehead atoms. The van der Waals surface area contributed by atoms with Crippen LogP contribution in [-0.2, 0) is 0 Å². The minimum absolute atomic E-state index is 1.33. The molecule has 4 aromatic rings. The molecule has 90 valence electrons. The van der Waals surface area contributed by atoms with Crippen LogP contribution in [0.3, 0.4) is 0 Å². The van der Waals surface area contributed by atoms with Crippen molar-refractivity contribution in [1.29, 1.82) is 0 Å². The molecule has 0 aliphatic heterocycles. The Morgan fingerprint density at radius 2 is 1.32 bits per heavy atom. The van der Waals surface area contributed by atoms with Crippen LogP contribution in [0.25, 0.3) is 32.3 Å². The summed E-state index contributed by atoms with van der Waals surface area (Å²) < 4.78 is 0. The van der Waals surface area contributed by atoms with Crippen molar-refractivity contribution in [3.8, 4) is 0 Å². The second-order valence-electron chi connectivity index (χ2n) is 5.47. The number of hydrogen-bond acceptors (Lipinski definition) is 0. The van der Waals surface area contributed by atoms with E-state index < -0.39 is 0 Å². The summed E-state index contributed by atoms with van der Waals surface area (Å²) in [7, 11) is 0. The molecule has 0 spiro atoms. The Bertz CT molecular complexity index is 884.